The molecule has 4 fully saturated rings. The van der Waals surface area contributed by atoms with Crippen LogP contribution in [0.5, 0.6) is 17.2 Å². The standard InChI is InChI=1S/C52H64ClN11O5/c1-34(2)44-26-45(48(66)27-47(44)65)49-58-59-52(68)64(49)41-8-3-35(4-9-41)31-61-21-23-62(24-22-61)33-36-13-17-60(18-14-36)32-37-15-19-63(20-16-37)51-55-29-39(30-56-51)50(67)57-40-6-11-42(12-7-40)69-43-10-5-38(28-54)46(53)25-43/h3-5,8-10,25-27,29-30,34,36-37,40,42,65-66H,6-7,11-24,31-33H2,1-2H3,(H,57,67)(H,59,68). The predicted molar refractivity (Wildman–Crippen MR) is 265 cm³/mol. The largest absolute Gasteiger partial charge is 0.508 e. The Hall–Kier alpha value is -5.99. The van der Waals surface area contributed by atoms with Gasteiger partial charge in [0, 0.05) is 89.5 Å². The second-order valence-electron chi connectivity index (χ2n) is 19.8. The SMILES string of the molecule is CC(C)c1cc(-c2n[nH]c(=O)n2-c2ccc(CN3CCN(CC4CCN(CC5CCN(c6ncc(C(=O)NC7CCC(Oc8ccc(C#N)c(Cl)c8)CC7)cn6)CC5)CC4)CC3)cc2)c(O)cc1O. The van der Waals surface area contributed by atoms with E-state index in [2.05, 4.69) is 63.3 Å². The number of anilines is 1. The summed E-state index contributed by atoms with van der Waals surface area (Å²) in [7, 11) is 0. The number of hydrogen-bond donors (Lipinski definition) is 4. The first-order chi connectivity index (χ1) is 33.5. The highest BCUT2D eigenvalue weighted by atomic mass is 35.5. The molecule has 69 heavy (non-hydrogen) atoms. The smallest absolute Gasteiger partial charge is 0.348 e. The van der Waals surface area contributed by atoms with Crippen LogP contribution in [-0.2, 0) is 6.54 Å². The molecule has 3 saturated heterocycles. The van der Waals surface area contributed by atoms with Crippen molar-refractivity contribution in [2.24, 2.45) is 11.8 Å². The number of carbonyl (C=O) groups excluding carboxylic acids is 1. The number of halogens is 1. The number of aromatic nitrogens is 5. The first-order valence-corrected chi connectivity index (χ1v) is 25.1. The number of aromatic amines is 1. The third-order valence-electron chi connectivity index (χ3n) is 14.7. The summed E-state index contributed by atoms with van der Waals surface area (Å²) < 4.78 is 7.57. The quantitative estimate of drug-likeness (QED) is 0.0896. The molecule has 1 saturated carbocycles. The maximum Gasteiger partial charge on any atom is 0.348 e. The maximum atomic E-state index is 13.1. The highest BCUT2D eigenvalue weighted by molar-refractivity contribution is 6.31. The van der Waals surface area contributed by atoms with Crippen molar-refractivity contribution in [3.63, 3.8) is 0 Å². The summed E-state index contributed by atoms with van der Waals surface area (Å²) in [5.41, 5.74) is 3.38. The molecule has 3 aliphatic heterocycles. The first-order valence-electron chi connectivity index (χ1n) is 24.7. The monoisotopic (exact) mass is 957 g/mol. The topological polar surface area (TPSA) is 192 Å². The number of amides is 1. The first kappa shape index (κ1) is 48.1. The normalized spacial score (nSPS) is 20.2. The summed E-state index contributed by atoms with van der Waals surface area (Å²) in [6.45, 7) is 15.4. The number of nitrogens with zero attached hydrogens (tertiary/aromatic N) is 9. The molecular formula is C52H64ClN11O5. The third kappa shape index (κ3) is 11.7. The number of rotatable bonds is 14. The molecule has 3 aromatic carbocycles. The Balaban J connectivity index is 0.651. The number of benzene rings is 3. The van der Waals surface area contributed by atoms with E-state index in [1.807, 2.05) is 26.0 Å². The number of nitrogens with one attached hydrogen (secondary N) is 2. The molecule has 4 N–H and O–H groups in total. The van der Waals surface area contributed by atoms with Gasteiger partial charge >= 0.3 is 5.69 Å². The molecule has 5 heterocycles. The van der Waals surface area contributed by atoms with Gasteiger partial charge < -0.3 is 35.0 Å². The van der Waals surface area contributed by atoms with Crippen molar-refractivity contribution in [2.75, 3.05) is 70.3 Å². The zero-order valence-corrected chi connectivity index (χ0v) is 40.5. The molecule has 0 spiro atoms. The summed E-state index contributed by atoms with van der Waals surface area (Å²) >= 11 is 6.17. The van der Waals surface area contributed by atoms with E-state index in [0.717, 1.165) is 110 Å². The van der Waals surface area contributed by atoms with E-state index in [-0.39, 0.29) is 35.5 Å². The van der Waals surface area contributed by atoms with Crippen LogP contribution in [-0.4, -0.2) is 133 Å². The van der Waals surface area contributed by atoms with Crippen LogP contribution in [0, 0.1) is 23.2 Å². The third-order valence-corrected chi connectivity index (χ3v) is 15.0. The van der Waals surface area contributed by atoms with Crippen LogP contribution in [0.2, 0.25) is 5.02 Å². The zero-order chi connectivity index (χ0) is 48.0. The van der Waals surface area contributed by atoms with Gasteiger partial charge in [0.05, 0.1) is 33.5 Å². The van der Waals surface area contributed by atoms with Gasteiger partial charge in [-0.2, -0.15) is 10.4 Å². The molecule has 0 bridgehead atoms. The number of H-pyrrole nitrogens is 1. The van der Waals surface area contributed by atoms with Gasteiger partial charge in [-0.25, -0.2) is 24.4 Å². The van der Waals surface area contributed by atoms with E-state index < -0.39 is 5.69 Å². The Bertz CT molecular complexity index is 2640. The number of nitriles is 1. The van der Waals surface area contributed by atoms with E-state index in [9.17, 15) is 19.8 Å². The van der Waals surface area contributed by atoms with Crippen LogP contribution in [0.25, 0.3) is 17.1 Å². The Labute approximate surface area is 408 Å². The van der Waals surface area contributed by atoms with Crippen LogP contribution in [0.3, 0.4) is 0 Å². The summed E-state index contributed by atoms with van der Waals surface area (Å²) in [5, 5.41) is 40.5. The van der Waals surface area contributed by atoms with Gasteiger partial charge in [-0.3, -0.25) is 9.69 Å². The van der Waals surface area contributed by atoms with Crippen molar-refractivity contribution in [3.8, 4) is 40.4 Å². The lowest BCUT2D eigenvalue weighted by molar-refractivity contribution is 0.0867. The van der Waals surface area contributed by atoms with Gasteiger partial charge in [0.15, 0.2) is 5.82 Å². The molecule has 1 aliphatic carbocycles. The van der Waals surface area contributed by atoms with Crippen molar-refractivity contribution in [2.45, 2.75) is 89.8 Å². The number of piperazine rings is 1. The average Bonchev–Trinajstić information content (AvgIpc) is 3.74. The fourth-order valence-electron chi connectivity index (χ4n) is 10.5. The molecule has 364 valence electrons. The molecule has 0 unspecified atom stereocenters. The minimum atomic E-state index is -0.400. The molecule has 5 aromatic rings. The number of likely N-dealkylation sites (tertiary alicyclic amines) is 1. The Kier molecular flexibility index (Phi) is 15.1. The van der Waals surface area contributed by atoms with Crippen molar-refractivity contribution >= 4 is 23.5 Å². The highest BCUT2D eigenvalue weighted by Gasteiger charge is 2.29. The minimum absolute atomic E-state index is 0.0118. The van der Waals surface area contributed by atoms with Gasteiger partial charge in [-0.15, -0.1) is 0 Å². The van der Waals surface area contributed by atoms with Crippen LogP contribution < -0.4 is 20.6 Å². The summed E-state index contributed by atoms with van der Waals surface area (Å²) in [4.78, 5) is 45.3. The minimum Gasteiger partial charge on any atom is -0.508 e. The van der Waals surface area contributed by atoms with Crippen molar-refractivity contribution < 1.29 is 19.7 Å². The molecule has 9 rings (SSSR count). The molecule has 0 radical (unpaired) electrons. The van der Waals surface area contributed by atoms with Gasteiger partial charge in [0.2, 0.25) is 5.95 Å². The van der Waals surface area contributed by atoms with E-state index >= 15 is 0 Å². The fourth-order valence-corrected chi connectivity index (χ4v) is 10.7. The Morgan fingerprint density at radius 1 is 0.826 bits per heavy atom. The number of phenolic OH excluding ortho intramolecular Hbond substituents is 2. The number of hydrogen-bond acceptors (Lipinski definition) is 13. The highest BCUT2D eigenvalue weighted by Crippen LogP contribution is 2.37. The summed E-state index contributed by atoms with van der Waals surface area (Å²) in [6.07, 6.45) is 11.3. The average molecular weight is 959 g/mol. The number of piperidine rings is 2. The van der Waals surface area contributed by atoms with Crippen molar-refractivity contribution in [1.29, 1.82) is 5.26 Å². The summed E-state index contributed by atoms with van der Waals surface area (Å²) in [6, 6.07) is 18.2. The summed E-state index contributed by atoms with van der Waals surface area (Å²) in [5.74, 6) is 2.78. The van der Waals surface area contributed by atoms with Crippen molar-refractivity contribution in [3.05, 3.63) is 105 Å². The van der Waals surface area contributed by atoms with E-state index in [0.29, 0.717) is 56.4 Å². The van der Waals surface area contributed by atoms with Crippen LogP contribution in [0.15, 0.2) is 71.8 Å². The van der Waals surface area contributed by atoms with E-state index in [1.54, 1.807) is 36.7 Å². The van der Waals surface area contributed by atoms with Gasteiger partial charge in [0.1, 0.15) is 23.3 Å². The lowest BCUT2D eigenvalue weighted by Gasteiger charge is -2.40. The molecule has 4 aliphatic rings. The molecule has 16 nitrogen and oxygen atoms in total. The Morgan fingerprint density at radius 2 is 1.46 bits per heavy atom. The lowest BCUT2D eigenvalue weighted by Crippen LogP contribution is -2.48. The van der Waals surface area contributed by atoms with Gasteiger partial charge in [0.25, 0.3) is 5.91 Å². The molecule has 2 aromatic heterocycles. The van der Waals surface area contributed by atoms with Gasteiger partial charge in [-0.05, 0) is 124 Å². The van der Waals surface area contributed by atoms with Crippen molar-refractivity contribution in [1.82, 2.24) is 44.7 Å². The molecule has 1 amide bonds. The second-order valence-corrected chi connectivity index (χ2v) is 20.2. The molecular weight excluding hydrogens is 894 g/mol. The zero-order valence-electron chi connectivity index (χ0n) is 39.7. The lowest BCUT2D eigenvalue weighted by atomic mass is 9.92. The number of phenols is 2. The van der Waals surface area contributed by atoms with E-state index in [1.165, 1.54) is 35.6 Å². The van der Waals surface area contributed by atoms with Crippen LogP contribution in [0.1, 0.15) is 98.2 Å². The fraction of sp³-hybridized carbons (Fsp3) is 0.500. The second kappa shape index (κ2) is 21.8. The molecule has 17 heteroatoms. The number of carbonyl (C=O) groups is 1. The number of ether oxygens (including phenoxy) is 1. The predicted octanol–water partition coefficient (Wildman–Crippen LogP) is 6.94. The van der Waals surface area contributed by atoms with E-state index in [4.69, 9.17) is 21.6 Å². The Morgan fingerprint density at radius 3 is 2.10 bits per heavy atom. The van der Waals surface area contributed by atoms with Crippen LogP contribution in [0.4, 0.5) is 5.95 Å². The van der Waals surface area contributed by atoms with Crippen LogP contribution >= 0.6 is 11.6 Å². The van der Waals surface area contributed by atoms with Gasteiger partial charge in [-0.1, -0.05) is 37.6 Å². The number of aromatic hydroxyl groups is 2. The maximum absolute atomic E-state index is 13.1. The molecule has 0 atom stereocenters.